The number of rotatable bonds is 4. The van der Waals surface area contributed by atoms with Crippen LogP contribution in [0.5, 0.6) is 0 Å². The Morgan fingerprint density at radius 3 is 2.52 bits per heavy atom. The Balaban J connectivity index is 2.30. The first kappa shape index (κ1) is 16.8. The van der Waals surface area contributed by atoms with Gasteiger partial charge in [0.05, 0.1) is 11.4 Å². The predicted molar refractivity (Wildman–Crippen MR) is 96.8 cm³/mol. The van der Waals surface area contributed by atoms with Gasteiger partial charge in [0.15, 0.2) is 11.5 Å². The first-order valence-corrected chi connectivity index (χ1v) is 8.48. The molecule has 3 aromatic heterocycles. The molecule has 3 rings (SSSR count). The number of nitrogen functional groups attached to an aromatic ring is 1. The van der Waals surface area contributed by atoms with Crippen molar-refractivity contribution < 1.29 is 9.90 Å². The largest absolute Gasteiger partial charge is 0.476 e. The van der Waals surface area contributed by atoms with Crippen LogP contribution < -0.4 is 11.3 Å². The van der Waals surface area contributed by atoms with E-state index in [-0.39, 0.29) is 23.1 Å². The third-order valence-electron chi connectivity index (χ3n) is 3.69. The van der Waals surface area contributed by atoms with Gasteiger partial charge in [-0.15, -0.1) is 0 Å². The number of carboxylic acids is 1. The van der Waals surface area contributed by atoms with Crippen molar-refractivity contribution in [2.24, 2.45) is 0 Å². The van der Waals surface area contributed by atoms with Crippen LogP contribution in [0.3, 0.4) is 0 Å². The molecule has 3 aromatic rings. The highest BCUT2D eigenvalue weighted by Gasteiger charge is 2.20. The maximum absolute atomic E-state index is 12.0. The van der Waals surface area contributed by atoms with Crippen LogP contribution >= 0.6 is 11.3 Å². The van der Waals surface area contributed by atoms with Crippen LogP contribution in [0.4, 0.5) is 5.82 Å². The van der Waals surface area contributed by atoms with Gasteiger partial charge in [0.1, 0.15) is 0 Å². The van der Waals surface area contributed by atoms with Gasteiger partial charge in [-0.25, -0.2) is 14.8 Å². The Hall–Kier alpha value is -3.00. The molecule has 8 heteroatoms. The van der Waals surface area contributed by atoms with Gasteiger partial charge < -0.3 is 15.4 Å². The topological polar surface area (TPSA) is 111 Å². The van der Waals surface area contributed by atoms with Gasteiger partial charge >= 0.3 is 5.97 Å². The van der Waals surface area contributed by atoms with Gasteiger partial charge in [0.25, 0.3) is 5.56 Å². The monoisotopic (exact) mass is 356 g/mol. The number of nitrogens with two attached hydrogens (primary N) is 1. The second kappa shape index (κ2) is 6.48. The number of carboxylic acid groups (broad SMARTS) is 1. The van der Waals surface area contributed by atoms with Gasteiger partial charge in [-0.3, -0.25) is 4.79 Å². The van der Waals surface area contributed by atoms with Crippen LogP contribution in [-0.2, 0) is 0 Å². The molecule has 0 saturated carbocycles. The Kier molecular flexibility index (Phi) is 4.37. The summed E-state index contributed by atoms with van der Waals surface area (Å²) < 4.78 is 1.56. The lowest BCUT2D eigenvalue weighted by Gasteiger charge is -2.14. The van der Waals surface area contributed by atoms with Gasteiger partial charge in [0, 0.05) is 34.8 Å². The Bertz CT molecular complexity index is 994. The fraction of sp³-hybridized carbons (Fsp3) is 0.176. The molecular weight excluding hydrogens is 340 g/mol. The van der Waals surface area contributed by atoms with Crippen molar-refractivity contribution in [2.75, 3.05) is 5.73 Å². The Labute approximate surface area is 147 Å². The highest BCUT2D eigenvalue weighted by atomic mass is 32.1. The van der Waals surface area contributed by atoms with Crippen LogP contribution in [-0.4, -0.2) is 25.6 Å². The number of aromatic carboxylic acids is 1. The van der Waals surface area contributed by atoms with Crippen LogP contribution in [0.15, 0.2) is 40.0 Å². The molecule has 3 heterocycles. The molecule has 0 aliphatic carbocycles. The molecule has 0 aromatic carbocycles. The van der Waals surface area contributed by atoms with Crippen molar-refractivity contribution in [3.63, 3.8) is 0 Å². The van der Waals surface area contributed by atoms with E-state index in [9.17, 15) is 14.7 Å². The van der Waals surface area contributed by atoms with E-state index in [0.29, 0.717) is 17.0 Å². The number of anilines is 1. The fourth-order valence-corrected chi connectivity index (χ4v) is 3.10. The summed E-state index contributed by atoms with van der Waals surface area (Å²) in [6.45, 7) is 3.78. The molecule has 0 bridgehead atoms. The second-order valence-corrected chi connectivity index (χ2v) is 6.51. The number of hydrogen-bond acceptors (Lipinski definition) is 6. The molecule has 7 nitrogen and oxygen atoms in total. The lowest BCUT2D eigenvalue weighted by atomic mass is 10.1. The first-order valence-electron chi connectivity index (χ1n) is 7.54. The van der Waals surface area contributed by atoms with Crippen LogP contribution in [0, 0.1) is 0 Å². The van der Waals surface area contributed by atoms with Crippen molar-refractivity contribution in [1.29, 1.82) is 0 Å². The van der Waals surface area contributed by atoms with E-state index in [1.165, 1.54) is 17.4 Å². The smallest absolute Gasteiger partial charge is 0.358 e. The van der Waals surface area contributed by atoms with E-state index in [4.69, 9.17) is 5.73 Å². The molecule has 0 amide bonds. The van der Waals surface area contributed by atoms with Gasteiger partial charge in [0.2, 0.25) is 0 Å². The third kappa shape index (κ3) is 3.16. The molecule has 3 N–H and O–H groups in total. The number of pyridine rings is 1. The lowest BCUT2D eigenvalue weighted by molar-refractivity contribution is 0.0691. The summed E-state index contributed by atoms with van der Waals surface area (Å²) in [5.74, 6) is -1.39. The molecule has 0 aliphatic rings. The quantitative estimate of drug-likeness (QED) is 0.743. The average Bonchev–Trinajstić information content (AvgIpc) is 3.09. The SMILES string of the molecule is CC(C)n1cc(-c2nc(C(=O)O)c(N)nc2-c2ccsc2)ccc1=O. The van der Waals surface area contributed by atoms with Gasteiger partial charge in [-0.1, -0.05) is 0 Å². The van der Waals surface area contributed by atoms with E-state index < -0.39 is 5.97 Å². The molecule has 0 unspecified atom stereocenters. The summed E-state index contributed by atoms with van der Waals surface area (Å²) in [7, 11) is 0. The molecule has 0 aliphatic heterocycles. The molecule has 0 saturated heterocycles. The number of aromatic nitrogens is 3. The number of carbonyl (C=O) groups is 1. The summed E-state index contributed by atoms with van der Waals surface area (Å²) in [5.41, 5.74) is 7.57. The summed E-state index contributed by atoms with van der Waals surface area (Å²) in [6, 6.07) is 4.86. The highest BCUT2D eigenvalue weighted by Crippen LogP contribution is 2.31. The summed E-state index contributed by atoms with van der Waals surface area (Å²) >= 11 is 1.49. The van der Waals surface area contributed by atoms with Crippen LogP contribution in [0.25, 0.3) is 22.5 Å². The van der Waals surface area contributed by atoms with Crippen molar-refractivity contribution in [1.82, 2.24) is 14.5 Å². The minimum Gasteiger partial charge on any atom is -0.476 e. The van der Waals surface area contributed by atoms with E-state index in [0.717, 1.165) is 5.56 Å². The summed E-state index contributed by atoms with van der Waals surface area (Å²) in [4.78, 5) is 31.9. The molecule has 25 heavy (non-hydrogen) atoms. The maximum atomic E-state index is 12.0. The van der Waals surface area contributed by atoms with Crippen molar-refractivity contribution >= 4 is 23.1 Å². The molecule has 0 spiro atoms. The Morgan fingerprint density at radius 2 is 1.92 bits per heavy atom. The zero-order valence-electron chi connectivity index (χ0n) is 13.6. The third-order valence-corrected chi connectivity index (χ3v) is 4.37. The predicted octanol–water partition coefficient (Wildman–Crippen LogP) is 2.90. The van der Waals surface area contributed by atoms with Crippen molar-refractivity contribution in [3.05, 3.63) is 51.2 Å². The van der Waals surface area contributed by atoms with Gasteiger partial charge in [-0.2, -0.15) is 11.3 Å². The normalized spacial score (nSPS) is 11.0. The number of hydrogen-bond donors (Lipinski definition) is 2. The standard InChI is InChI=1S/C17H16N4O3S/c1-9(2)21-7-10(3-4-12(21)22)13-14(11-5-6-25-8-11)20-16(18)15(19-13)17(23)24/h3-9H,1-2H3,(H2,18,20)(H,23,24). The van der Waals surface area contributed by atoms with E-state index in [2.05, 4.69) is 9.97 Å². The summed E-state index contributed by atoms with van der Waals surface area (Å²) in [6.07, 6.45) is 1.66. The minimum atomic E-state index is -1.25. The molecule has 128 valence electrons. The summed E-state index contributed by atoms with van der Waals surface area (Å²) in [5, 5.41) is 13.1. The molecular formula is C17H16N4O3S. The van der Waals surface area contributed by atoms with Gasteiger partial charge in [-0.05, 0) is 31.4 Å². The lowest BCUT2D eigenvalue weighted by Crippen LogP contribution is -2.20. The number of thiophene rings is 1. The number of nitrogens with zero attached hydrogens (tertiary/aromatic N) is 3. The van der Waals surface area contributed by atoms with E-state index in [1.54, 1.807) is 16.8 Å². The average molecular weight is 356 g/mol. The zero-order chi connectivity index (χ0) is 18.1. The molecule has 0 fully saturated rings. The minimum absolute atomic E-state index is 0.0438. The highest BCUT2D eigenvalue weighted by molar-refractivity contribution is 7.08. The van der Waals surface area contributed by atoms with E-state index >= 15 is 0 Å². The first-order chi connectivity index (χ1) is 11.9. The molecule has 0 atom stereocenters. The molecule has 0 radical (unpaired) electrons. The second-order valence-electron chi connectivity index (χ2n) is 5.73. The zero-order valence-corrected chi connectivity index (χ0v) is 14.4. The Morgan fingerprint density at radius 1 is 1.20 bits per heavy atom. The van der Waals surface area contributed by atoms with E-state index in [1.807, 2.05) is 30.7 Å². The maximum Gasteiger partial charge on any atom is 0.358 e. The van der Waals surface area contributed by atoms with Crippen LogP contribution in [0.2, 0.25) is 0 Å². The fourth-order valence-electron chi connectivity index (χ4n) is 2.45. The van der Waals surface area contributed by atoms with Crippen LogP contribution in [0.1, 0.15) is 30.4 Å². The van der Waals surface area contributed by atoms with Crippen molar-refractivity contribution in [2.45, 2.75) is 19.9 Å². The van der Waals surface area contributed by atoms with Crippen molar-refractivity contribution in [3.8, 4) is 22.5 Å².